The zero-order chi connectivity index (χ0) is 20.0. The van der Waals surface area contributed by atoms with Gasteiger partial charge in [0.1, 0.15) is 17.1 Å². The van der Waals surface area contributed by atoms with Crippen LogP contribution in [0.25, 0.3) is 22.3 Å². The molecule has 29 heavy (non-hydrogen) atoms. The lowest BCUT2D eigenvalue weighted by Crippen LogP contribution is -2.32. The summed E-state index contributed by atoms with van der Waals surface area (Å²) in [5.41, 5.74) is 5.96. The standard InChI is InChI=1S/C25H21NO3/c1-16-10-17(2)25-19(11-16)14-26(15-28-25)20-8-9-21-22(27)13-23(29-24(21)12-20)18-6-4-3-5-7-18/h3-13H,14-15H2,1-2H3. The molecule has 144 valence electrons. The van der Waals surface area contributed by atoms with Crippen molar-refractivity contribution in [3.05, 3.63) is 93.6 Å². The molecule has 3 aromatic carbocycles. The third-order valence-corrected chi connectivity index (χ3v) is 5.36. The summed E-state index contributed by atoms with van der Waals surface area (Å²) in [6, 6.07) is 21.3. The van der Waals surface area contributed by atoms with Gasteiger partial charge in [-0.25, -0.2) is 0 Å². The van der Waals surface area contributed by atoms with Crippen LogP contribution in [0.15, 0.2) is 75.9 Å². The summed E-state index contributed by atoms with van der Waals surface area (Å²) in [7, 11) is 0. The summed E-state index contributed by atoms with van der Waals surface area (Å²) < 4.78 is 12.1. The van der Waals surface area contributed by atoms with Crippen LogP contribution in [0.3, 0.4) is 0 Å². The number of nitrogens with zero attached hydrogens (tertiary/aromatic N) is 1. The molecular formula is C25H21NO3. The van der Waals surface area contributed by atoms with Gasteiger partial charge in [-0.1, -0.05) is 48.0 Å². The molecular weight excluding hydrogens is 362 g/mol. The van der Waals surface area contributed by atoms with Crippen molar-refractivity contribution in [2.45, 2.75) is 20.4 Å². The molecule has 0 saturated carbocycles. The van der Waals surface area contributed by atoms with Gasteiger partial charge < -0.3 is 14.1 Å². The van der Waals surface area contributed by atoms with Crippen LogP contribution in [0.1, 0.15) is 16.7 Å². The normalized spacial score (nSPS) is 13.2. The molecule has 0 N–H and O–H groups in total. The molecule has 4 aromatic rings. The van der Waals surface area contributed by atoms with Gasteiger partial charge in [0.15, 0.2) is 12.2 Å². The van der Waals surface area contributed by atoms with Crippen LogP contribution in [0, 0.1) is 13.8 Å². The molecule has 0 fully saturated rings. The summed E-state index contributed by atoms with van der Waals surface area (Å²) in [6.45, 7) is 5.40. The fourth-order valence-electron chi connectivity index (χ4n) is 4.01. The second kappa shape index (κ2) is 6.82. The third-order valence-electron chi connectivity index (χ3n) is 5.36. The molecule has 2 heterocycles. The van der Waals surface area contributed by atoms with Gasteiger partial charge in [0.05, 0.1) is 5.39 Å². The van der Waals surface area contributed by atoms with E-state index in [1.807, 2.05) is 48.5 Å². The topological polar surface area (TPSA) is 42.7 Å². The highest BCUT2D eigenvalue weighted by atomic mass is 16.5. The van der Waals surface area contributed by atoms with Crippen molar-refractivity contribution >= 4 is 16.7 Å². The summed E-state index contributed by atoms with van der Waals surface area (Å²) in [5.74, 6) is 1.55. The quantitative estimate of drug-likeness (QED) is 0.463. The van der Waals surface area contributed by atoms with Gasteiger partial charge in [-0.3, -0.25) is 4.79 Å². The zero-order valence-corrected chi connectivity index (χ0v) is 16.4. The highest BCUT2D eigenvalue weighted by Gasteiger charge is 2.20. The Balaban J connectivity index is 1.55. The molecule has 0 saturated heterocycles. The number of aryl methyl sites for hydroxylation is 2. The fraction of sp³-hybridized carbons (Fsp3) is 0.160. The van der Waals surface area contributed by atoms with E-state index in [1.165, 1.54) is 11.1 Å². The maximum absolute atomic E-state index is 12.6. The minimum atomic E-state index is -0.0388. The number of anilines is 1. The van der Waals surface area contributed by atoms with Crippen LogP contribution in [-0.4, -0.2) is 6.73 Å². The summed E-state index contributed by atoms with van der Waals surface area (Å²) in [5, 5.41) is 0.582. The van der Waals surface area contributed by atoms with Gasteiger partial charge in [0.25, 0.3) is 0 Å². The summed E-state index contributed by atoms with van der Waals surface area (Å²) >= 11 is 0. The summed E-state index contributed by atoms with van der Waals surface area (Å²) in [6.07, 6.45) is 0. The smallest absolute Gasteiger partial charge is 0.193 e. The number of rotatable bonds is 2. The van der Waals surface area contributed by atoms with Crippen LogP contribution >= 0.6 is 0 Å². The maximum Gasteiger partial charge on any atom is 0.193 e. The number of ether oxygens (including phenoxy) is 1. The molecule has 0 aliphatic carbocycles. The van der Waals surface area contributed by atoms with Crippen molar-refractivity contribution in [2.24, 2.45) is 0 Å². The fourth-order valence-corrected chi connectivity index (χ4v) is 4.01. The monoisotopic (exact) mass is 383 g/mol. The average molecular weight is 383 g/mol. The van der Waals surface area contributed by atoms with E-state index in [0.717, 1.165) is 29.1 Å². The van der Waals surface area contributed by atoms with Crippen molar-refractivity contribution in [3.8, 4) is 17.1 Å². The molecule has 0 spiro atoms. The average Bonchev–Trinajstić information content (AvgIpc) is 2.73. The molecule has 0 bridgehead atoms. The Morgan fingerprint density at radius 1 is 0.931 bits per heavy atom. The van der Waals surface area contributed by atoms with Gasteiger partial charge in [-0.15, -0.1) is 0 Å². The number of hydrogen-bond donors (Lipinski definition) is 0. The van der Waals surface area contributed by atoms with Gasteiger partial charge in [-0.2, -0.15) is 0 Å². The van der Waals surface area contributed by atoms with Gasteiger partial charge in [-0.05, 0) is 31.5 Å². The van der Waals surface area contributed by atoms with Crippen molar-refractivity contribution in [2.75, 3.05) is 11.6 Å². The van der Waals surface area contributed by atoms with E-state index < -0.39 is 0 Å². The van der Waals surface area contributed by atoms with E-state index in [0.29, 0.717) is 23.5 Å². The van der Waals surface area contributed by atoms with Crippen LogP contribution in [0.4, 0.5) is 5.69 Å². The Bertz CT molecular complexity index is 1270. The lowest BCUT2D eigenvalue weighted by Gasteiger charge is -2.32. The van der Waals surface area contributed by atoms with E-state index in [4.69, 9.17) is 9.15 Å². The first-order valence-electron chi connectivity index (χ1n) is 9.70. The molecule has 1 aliphatic rings. The van der Waals surface area contributed by atoms with E-state index in [1.54, 1.807) is 6.07 Å². The van der Waals surface area contributed by atoms with E-state index in [2.05, 4.69) is 30.9 Å². The Morgan fingerprint density at radius 3 is 2.59 bits per heavy atom. The van der Waals surface area contributed by atoms with Crippen molar-refractivity contribution in [1.29, 1.82) is 0 Å². The molecule has 5 rings (SSSR count). The van der Waals surface area contributed by atoms with Crippen molar-refractivity contribution < 1.29 is 9.15 Å². The molecule has 0 radical (unpaired) electrons. The highest BCUT2D eigenvalue weighted by molar-refractivity contribution is 5.82. The first-order chi connectivity index (χ1) is 14.1. The SMILES string of the molecule is Cc1cc(C)c2c(c1)CN(c1ccc3c(=O)cc(-c4ccccc4)oc3c1)CO2. The minimum Gasteiger partial charge on any atom is -0.472 e. The van der Waals surface area contributed by atoms with Crippen molar-refractivity contribution in [1.82, 2.24) is 0 Å². The Kier molecular flexibility index (Phi) is 4.13. The van der Waals surface area contributed by atoms with Crippen molar-refractivity contribution in [3.63, 3.8) is 0 Å². The van der Waals surface area contributed by atoms with Crippen LogP contribution in [0.2, 0.25) is 0 Å². The zero-order valence-electron chi connectivity index (χ0n) is 16.4. The first kappa shape index (κ1) is 17.6. The van der Waals surface area contributed by atoms with Crippen LogP contribution in [0.5, 0.6) is 5.75 Å². The van der Waals surface area contributed by atoms with E-state index >= 15 is 0 Å². The lowest BCUT2D eigenvalue weighted by atomic mass is 10.0. The minimum absolute atomic E-state index is 0.0388. The largest absolute Gasteiger partial charge is 0.472 e. The van der Waals surface area contributed by atoms with E-state index in [9.17, 15) is 4.79 Å². The number of fused-ring (bicyclic) bond motifs is 2. The molecule has 0 amide bonds. The Hall–Kier alpha value is -3.53. The molecule has 1 aliphatic heterocycles. The highest BCUT2D eigenvalue weighted by Crippen LogP contribution is 2.33. The lowest BCUT2D eigenvalue weighted by molar-refractivity contribution is 0.287. The molecule has 0 unspecified atom stereocenters. The number of hydrogen-bond acceptors (Lipinski definition) is 4. The molecule has 4 nitrogen and oxygen atoms in total. The molecule has 4 heteroatoms. The Labute approximate surface area is 169 Å². The second-order valence-corrected chi connectivity index (χ2v) is 7.56. The van der Waals surface area contributed by atoms with Gasteiger partial charge >= 0.3 is 0 Å². The van der Waals surface area contributed by atoms with Gasteiger partial charge in [0.2, 0.25) is 0 Å². The first-order valence-corrected chi connectivity index (χ1v) is 9.70. The molecule has 0 atom stereocenters. The summed E-state index contributed by atoms with van der Waals surface area (Å²) in [4.78, 5) is 14.7. The van der Waals surface area contributed by atoms with Gasteiger partial charge in [0, 0.05) is 35.5 Å². The van der Waals surface area contributed by atoms with Crippen LogP contribution < -0.4 is 15.1 Å². The maximum atomic E-state index is 12.6. The predicted octanol–water partition coefficient (Wildman–Crippen LogP) is 5.43. The predicted molar refractivity (Wildman–Crippen MR) is 116 cm³/mol. The Morgan fingerprint density at radius 2 is 1.76 bits per heavy atom. The molecule has 1 aromatic heterocycles. The third kappa shape index (κ3) is 3.17. The van der Waals surface area contributed by atoms with Crippen LogP contribution in [-0.2, 0) is 6.54 Å². The number of benzene rings is 3. The second-order valence-electron chi connectivity index (χ2n) is 7.56. The van der Waals surface area contributed by atoms with E-state index in [-0.39, 0.29) is 5.43 Å².